The largest absolute Gasteiger partial charge is 0.366 e. The van der Waals surface area contributed by atoms with Crippen molar-refractivity contribution in [2.75, 3.05) is 0 Å². The van der Waals surface area contributed by atoms with E-state index in [2.05, 4.69) is 18.2 Å². The molecule has 0 bridgehead atoms. The topological polar surface area (TPSA) is 37.0 Å². The average molecular weight is 331 g/mol. The summed E-state index contributed by atoms with van der Waals surface area (Å²) in [6.07, 6.45) is 7.43. The summed E-state index contributed by atoms with van der Waals surface area (Å²) in [5.41, 5.74) is 3.73. The lowest BCUT2D eigenvalue weighted by molar-refractivity contribution is -0.154. The van der Waals surface area contributed by atoms with E-state index < -0.39 is 11.4 Å². The van der Waals surface area contributed by atoms with Gasteiger partial charge in [0.25, 0.3) is 0 Å². The molecule has 0 saturated heterocycles. The minimum atomic E-state index is -0.926. The summed E-state index contributed by atoms with van der Waals surface area (Å²) >= 11 is 0. The van der Waals surface area contributed by atoms with E-state index in [9.17, 15) is 9.90 Å². The van der Waals surface area contributed by atoms with Crippen LogP contribution in [0.15, 0.2) is 66.2 Å². The van der Waals surface area contributed by atoms with Crippen LogP contribution in [-0.2, 0) is 22.7 Å². The highest BCUT2D eigenvalue weighted by atomic mass is 16.4. The Morgan fingerprint density at radius 1 is 1.00 bits per heavy atom. The summed E-state index contributed by atoms with van der Waals surface area (Å²) in [6.45, 7) is 0. The first-order valence-electron chi connectivity index (χ1n) is 9.24. The fraction of sp³-hybridized carbons (Fsp3) is 0.348. The number of rotatable bonds is 5. The number of benzene rings is 2. The van der Waals surface area contributed by atoms with Crippen molar-refractivity contribution in [1.82, 2.24) is 0 Å². The molecule has 0 saturated carbocycles. The molecule has 0 aliphatic heterocycles. The second kappa shape index (κ2) is 6.51. The van der Waals surface area contributed by atoms with Crippen molar-refractivity contribution < 1.29 is 9.90 Å². The van der Waals surface area contributed by atoms with Crippen molar-refractivity contribution >= 4 is 5.97 Å². The van der Waals surface area contributed by atoms with Crippen LogP contribution in [0.4, 0.5) is 0 Å². The van der Waals surface area contributed by atoms with Crippen LogP contribution >= 0.6 is 0 Å². The Balaban J connectivity index is 1.85. The van der Waals surface area contributed by atoms with Crippen LogP contribution in [0, 0.1) is 5.41 Å². The SMILES string of the molecule is [O]C(=O)C(Cc1ccccc1)(C1=CCCC1)C1CCc2ccccc21. The highest BCUT2D eigenvalue weighted by molar-refractivity contribution is 5.81. The normalized spacial score (nSPS) is 21.4. The zero-order valence-corrected chi connectivity index (χ0v) is 14.4. The summed E-state index contributed by atoms with van der Waals surface area (Å²) in [5.74, 6) is -0.913. The van der Waals surface area contributed by atoms with Gasteiger partial charge in [0.1, 0.15) is 5.41 Å². The molecule has 0 heterocycles. The van der Waals surface area contributed by atoms with Gasteiger partial charge < -0.3 is 0 Å². The van der Waals surface area contributed by atoms with Crippen LogP contribution in [0.3, 0.4) is 0 Å². The van der Waals surface area contributed by atoms with E-state index in [1.165, 1.54) is 11.1 Å². The highest BCUT2D eigenvalue weighted by Gasteiger charge is 2.52. The maximum absolute atomic E-state index is 12.7. The maximum atomic E-state index is 12.7. The van der Waals surface area contributed by atoms with Crippen molar-refractivity contribution in [3.05, 3.63) is 82.9 Å². The van der Waals surface area contributed by atoms with Crippen LogP contribution < -0.4 is 0 Å². The van der Waals surface area contributed by atoms with Crippen molar-refractivity contribution in [2.45, 2.75) is 44.4 Å². The molecule has 2 aliphatic carbocycles. The van der Waals surface area contributed by atoms with Gasteiger partial charge in [0, 0.05) is 5.92 Å². The Labute approximate surface area is 149 Å². The first-order chi connectivity index (χ1) is 12.2. The van der Waals surface area contributed by atoms with Gasteiger partial charge in [0.05, 0.1) is 0 Å². The Hall–Kier alpha value is -2.35. The summed E-state index contributed by atoms with van der Waals surface area (Å²) in [4.78, 5) is 12.7. The first kappa shape index (κ1) is 16.1. The fourth-order valence-corrected chi connectivity index (χ4v) is 4.87. The smallest absolute Gasteiger partial charge is 0.246 e. The molecule has 0 N–H and O–H groups in total. The lowest BCUT2D eigenvalue weighted by Crippen LogP contribution is -2.40. The van der Waals surface area contributed by atoms with Gasteiger partial charge in [-0.25, -0.2) is 9.90 Å². The number of fused-ring (bicyclic) bond motifs is 1. The molecule has 2 unspecified atom stereocenters. The zero-order valence-electron chi connectivity index (χ0n) is 14.4. The quantitative estimate of drug-likeness (QED) is 0.709. The molecular formula is C23H23O2. The summed E-state index contributed by atoms with van der Waals surface area (Å²) in [5, 5.41) is 12.7. The zero-order chi connectivity index (χ0) is 17.3. The molecule has 2 heteroatoms. The fourth-order valence-electron chi connectivity index (χ4n) is 4.87. The summed E-state index contributed by atoms with van der Waals surface area (Å²) in [7, 11) is 0. The molecule has 4 rings (SSSR count). The van der Waals surface area contributed by atoms with Crippen LogP contribution in [0.25, 0.3) is 0 Å². The monoisotopic (exact) mass is 331 g/mol. The van der Waals surface area contributed by atoms with Crippen LogP contribution in [0.2, 0.25) is 0 Å². The lowest BCUT2D eigenvalue weighted by atomic mass is 9.64. The van der Waals surface area contributed by atoms with Crippen molar-refractivity contribution in [3.63, 3.8) is 0 Å². The van der Waals surface area contributed by atoms with Gasteiger partial charge in [-0.3, -0.25) is 0 Å². The molecule has 0 spiro atoms. The first-order valence-corrected chi connectivity index (χ1v) is 9.24. The molecule has 2 nitrogen and oxygen atoms in total. The maximum Gasteiger partial charge on any atom is 0.366 e. The third-order valence-corrected chi connectivity index (χ3v) is 6.03. The van der Waals surface area contributed by atoms with Crippen LogP contribution in [-0.4, -0.2) is 5.97 Å². The number of carbonyl (C=O) groups excluding carboxylic acids is 1. The van der Waals surface area contributed by atoms with Crippen molar-refractivity contribution in [3.8, 4) is 0 Å². The van der Waals surface area contributed by atoms with Crippen LogP contribution in [0.1, 0.15) is 48.3 Å². The molecule has 127 valence electrons. The van der Waals surface area contributed by atoms with E-state index >= 15 is 0 Å². The second-order valence-electron chi connectivity index (χ2n) is 7.33. The predicted molar refractivity (Wildman–Crippen MR) is 97.7 cm³/mol. The second-order valence-corrected chi connectivity index (χ2v) is 7.33. The van der Waals surface area contributed by atoms with Gasteiger partial charge in [-0.15, -0.1) is 0 Å². The van der Waals surface area contributed by atoms with Gasteiger partial charge in [0.15, 0.2) is 0 Å². The summed E-state index contributed by atoms with van der Waals surface area (Å²) in [6, 6.07) is 18.4. The van der Waals surface area contributed by atoms with Crippen molar-refractivity contribution in [2.24, 2.45) is 5.41 Å². The van der Waals surface area contributed by atoms with Gasteiger partial charge in [0.2, 0.25) is 0 Å². The van der Waals surface area contributed by atoms with Crippen molar-refractivity contribution in [1.29, 1.82) is 0 Å². The Kier molecular flexibility index (Phi) is 4.20. The third-order valence-electron chi connectivity index (χ3n) is 6.03. The van der Waals surface area contributed by atoms with E-state index in [1.807, 2.05) is 42.5 Å². The molecule has 0 amide bonds. The molecule has 2 aromatic rings. The Morgan fingerprint density at radius 2 is 1.76 bits per heavy atom. The van der Waals surface area contributed by atoms with E-state index in [0.717, 1.165) is 43.2 Å². The number of carbonyl (C=O) groups is 1. The Morgan fingerprint density at radius 3 is 2.48 bits per heavy atom. The van der Waals surface area contributed by atoms with E-state index in [-0.39, 0.29) is 5.92 Å². The molecule has 0 fully saturated rings. The molecular weight excluding hydrogens is 308 g/mol. The molecule has 2 aromatic carbocycles. The number of allylic oxidation sites excluding steroid dienone is 1. The number of hydrogen-bond donors (Lipinski definition) is 0. The van der Waals surface area contributed by atoms with E-state index in [0.29, 0.717) is 6.42 Å². The van der Waals surface area contributed by atoms with E-state index in [1.54, 1.807) is 0 Å². The highest BCUT2D eigenvalue weighted by Crippen LogP contribution is 2.53. The van der Waals surface area contributed by atoms with Gasteiger partial charge >= 0.3 is 5.97 Å². The Bertz CT molecular complexity index is 806. The van der Waals surface area contributed by atoms with Gasteiger partial charge in [-0.2, -0.15) is 0 Å². The van der Waals surface area contributed by atoms with Gasteiger partial charge in [-0.05, 0) is 55.2 Å². The van der Waals surface area contributed by atoms with Gasteiger partial charge in [-0.1, -0.05) is 66.2 Å². The number of aryl methyl sites for hydroxylation is 1. The average Bonchev–Trinajstić information content (AvgIpc) is 3.31. The number of hydrogen-bond acceptors (Lipinski definition) is 1. The van der Waals surface area contributed by atoms with E-state index in [4.69, 9.17) is 0 Å². The van der Waals surface area contributed by atoms with Crippen LogP contribution in [0.5, 0.6) is 0 Å². The molecule has 1 radical (unpaired) electrons. The standard InChI is InChI=1S/C23H23O2/c24-22(25)23(19-11-5-6-12-19,16-17-8-2-1-3-9-17)21-15-14-18-10-4-7-13-20(18)21/h1-4,7-11,13,21H,5-6,12,14-16H2. The molecule has 2 atom stereocenters. The minimum Gasteiger partial charge on any atom is -0.246 e. The lowest BCUT2D eigenvalue weighted by Gasteiger charge is -2.37. The summed E-state index contributed by atoms with van der Waals surface area (Å²) < 4.78 is 0. The third kappa shape index (κ3) is 2.70. The molecule has 0 aromatic heterocycles. The predicted octanol–water partition coefficient (Wildman–Crippen LogP) is 5.01. The molecule has 2 aliphatic rings. The minimum absolute atomic E-state index is 0.00161. The molecule has 25 heavy (non-hydrogen) atoms.